The Hall–Kier alpha value is -2.92. The van der Waals surface area contributed by atoms with Crippen LogP contribution in [0.1, 0.15) is 64.5 Å². The number of rotatable bonds is 9. The molecular formula is C23H34N4O6S. The molecule has 1 aromatic carbocycles. The Morgan fingerprint density at radius 3 is 2.29 bits per heavy atom. The van der Waals surface area contributed by atoms with Crippen LogP contribution in [0.4, 0.5) is 5.69 Å². The molecule has 0 fully saturated rings. The molecule has 1 heterocycles. The van der Waals surface area contributed by atoms with E-state index in [4.69, 9.17) is 4.74 Å². The van der Waals surface area contributed by atoms with Gasteiger partial charge in [-0.25, -0.2) is 22.6 Å². The molecule has 0 aliphatic heterocycles. The van der Waals surface area contributed by atoms with Crippen LogP contribution in [-0.2, 0) is 20.4 Å². The zero-order chi connectivity index (χ0) is 26.0. The van der Waals surface area contributed by atoms with Crippen molar-refractivity contribution in [2.45, 2.75) is 65.8 Å². The average molecular weight is 495 g/mol. The van der Waals surface area contributed by atoms with Crippen LogP contribution in [0.5, 0.6) is 11.6 Å². The van der Waals surface area contributed by atoms with Crippen molar-refractivity contribution in [1.29, 1.82) is 0 Å². The second-order valence-corrected chi connectivity index (χ2v) is 11.6. The van der Waals surface area contributed by atoms with E-state index in [2.05, 4.69) is 15.1 Å². The number of ether oxygens (including phenoxy) is 1. The summed E-state index contributed by atoms with van der Waals surface area (Å²) in [6, 6.07) is 4.28. The number of nitrogens with zero attached hydrogens (tertiary/aromatic N) is 2. The third kappa shape index (κ3) is 6.35. The minimum absolute atomic E-state index is 0.0239. The lowest BCUT2D eigenvalue weighted by atomic mass is 10.1. The highest BCUT2D eigenvalue weighted by molar-refractivity contribution is 7.89. The molecule has 0 atom stereocenters. The summed E-state index contributed by atoms with van der Waals surface area (Å²) in [5.41, 5.74) is -0.275. The molecule has 3 N–H and O–H groups in total. The summed E-state index contributed by atoms with van der Waals surface area (Å²) in [7, 11) is -4.03. The monoisotopic (exact) mass is 494 g/mol. The van der Waals surface area contributed by atoms with E-state index < -0.39 is 21.5 Å². The fourth-order valence-electron chi connectivity index (χ4n) is 2.88. The number of carboxylic acids is 1. The third-order valence-corrected chi connectivity index (χ3v) is 6.26. The molecular weight excluding hydrogens is 460 g/mol. The molecule has 188 valence electrons. The van der Waals surface area contributed by atoms with Gasteiger partial charge in [-0.3, -0.25) is 4.79 Å². The molecule has 2 aromatic rings. The molecule has 10 nitrogen and oxygen atoms in total. The van der Waals surface area contributed by atoms with Gasteiger partial charge in [0.25, 0.3) is 0 Å². The summed E-state index contributed by atoms with van der Waals surface area (Å²) in [5.74, 6) is -1.63. The zero-order valence-corrected chi connectivity index (χ0v) is 21.7. The number of benzene rings is 1. The maximum absolute atomic E-state index is 13.2. The Morgan fingerprint density at radius 2 is 1.79 bits per heavy atom. The Balaban J connectivity index is 2.65. The number of carbonyl (C=O) groups excluding carboxylic acids is 1. The van der Waals surface area contributed by atoms with Gasteiger partial charge in [0.05, 0.1) is 5.54 Å². The van der Waals surface area contributed by atoms with Crippen LogP contribution in [-0.4, -0.2) is 41.7 Å². The van der Waals surface area contributed by atoms with E-state index in [0.29, 0.717) is 5.69 Å². The number of hydrogen-bond acceptors (Lipinski definition) is 6. The van der Waals surface area contributed by atoms with Crippen molar-refractivity contribution in [3.05, 3.63) is 29.5 Å². The molecule has 0 spiro atoms. The van der Waals surface area contributed by atoms with Gasteiger partial charge in [0.15, 0.2) is 5.69 Å². The van der Waals surface area contributed by atoms with Gasteiger partial charge in [0, 0.05) is 23.7 Å². The third-order valence-electron chi connectivity index (χ3n) is 4.82. The van der Waals surface area contributed by atoms with Crippen molar-refractivity contribution in [1.82, 2.24) is 14.5 Å². The van der Waals surface area contributed by atoms with Gasteiger partial charge < -0.3 is 15.2 Å². The Morgan fingerprint density at radius 1 is 1.18 bits per heavy atom. The van der Waals surface area contributed by atoms with Gasteiger partial charge in [0.2, 0.25) is 21.8 Å². The summed E-state index contributed by atoms with van der Waals surface area (Å²) >= 11 is 0. The number of sulfonamides is 1. The van der Waals surface area contributed by atoms with Crippen LogP contribution in [0, 0.1) is 18.8 Å². The van der Waals surface area contributed by atoms with E-state index >= 15 is 0 Å². The second kappa shape index (κ2) is 10.1. The summed E-state index contributed by atoms with van der Waals surface area (Å²) in [6.45, 7) is 14.4. The van der Waals surface area contributed by atoms with Gasteiger partial charge >= 0.3 is 5.97 Å². The number of amides is 1. The maximum atomic E-state index is 13.2. The van der Waals surface area contributed by atoms with Crippen LogP contribution in [0.3, 0.4) is 0 Å². The topological polar surface area (TPSA) is 140 Å². The largest absolute Gasteiger partial charge is 0.476 e. The normalized spacial score (nSPS) is 12.3. The predicted molar refractivity (Wildman–Crippen MR) is 129 cm³/mol. The zero-order valence-electron chi connectivity index (χ0n) is 20.9. The molecule has 11 heteroatoms. The average Bonchev–Trinajstić information content (AvgIpc) is 3.04. The molecule has 1 amide bonds. The van der Waals surface area contributed by atoms with E-state index in [1.165, 1.54) is 22.9 Å². The first-order valence-corrected chi connectivity index (χ1v) is 12.5. The molecule has 0 saturated heterocycles. The Kier molecular flexibility index (Phi) is 8.15. The first-order chi connectivity index (χ1) is 15.5. The molecule has 2 rings (SSSR count). The van der Waals surface area contributed by atoms with Crippen molar-refractivity contribution < 1.29 is 27.9 Å². The molecule has 1 aromatic heterocycles. The van der Waals surface area contributed by atoms with Crippen LogP contribution in [0.2, 0.25) is 0 Å². The molecule has 0 saturated carbocycles. The van der Waals surface area contributed by atoms with Crippen molar-refractivity contribution in [2.24, 2.45) is 11.8 Å². The minimum atomic E-state index is -4.03. The SMILES string of the molecule is Cc1c(C(=O)O)nn(C(C)(C)C)c1Oc1ccc(NC(=O)C(C)C)cc1S(=O)(=O)NCC(C)C. The van der Waals surface area contributed by atoms with Crippen LogP contribution >= 0.6 is 0 Å². The molecule has 0 radical (unpaired) electrons. The summed E-state index contributed by atoms with van der Waals surface area (Å²) < 4.78 is 36.4. The minimum Gasteiger partial charge on any atom is -0.476 e. The second-order valence-electron chi connectivity index (χ2n) is 9.82. The Labute approximate surface area is 200 Å². The van der Waals surface area contributed by atoms with E-state index in [9.17, 15) is 23.1 Å². The van der Waals surface area contributed by atoms with Crippen LogP contribution in [0.25, 0.3) is 0 Å². The molecule has 0 unspecified atom stereocenters. The molecule has 34 heavy (non-hydrogen) atoms. The summed E-state index contributed by atoms with van der Waals surface area (Å²) in [6.07, 6.45) is 0. The molecule has 0 bridgehead atoms. The number of nitrogens with one attached hydrogen (secondary N) is 2. The van der Waals surface area contributed by atoms with E-state index in [-0.39, 0.29) is 52.1 Å². The number of anilines is 1. The van der Waals surface area contributed by atoms with Crippen LogP contribution < -0.4 is 14.8 Å². The predicted octanol–water partition coefficient (Wildman–Crippen LogP) is 3.97. The maximum Gasteiger partial charge on any atom is 0.356 e. The number of aromatic nitrogens is 2. The van der Waals surface area contributed by atoms with Crippen molar-refractivity contribution >= 4 is 27.6 Å². The van der Waals surface area contributed by atoms with Gasteiger partial charge in [-0.05, 0) is 51.8 Å². The quantitative estimate of drug-likeness (QED) is 0.479. The summed E-state index contributed by atoms with van der Waals surface area (Å²) in [5, 5.41) is 16.4. The number of carbonyl (C=O) groups is 2. The lowest BCUT2D eigenvalue weighted by Gasteiger charge is -2.23. The summed E-state index contributed by atoms with van der Waals surface area (Å²) in [4.78, 5) is 23.6. The first-order valence-electron chi connectivity index (χ1n) is 11.0. The number of carboxylic acid groups (broad SMARTS) is 1. The highest BCUT2D eigenvalue weighted by atomic mass is 32.2. The Bertz CT molecular complexity index is 1180. The van der Waals surface area contributed by atoms with E-state index in [1.807, 2.05) is 34.6 Å². The van der Waals surface area contributed by atoms with Gasteiger partial charge in [-0.1, -0.05) is 27.7 Å². The first kappa shape index (κ1) is 27.3. The lowest BCUT2D eigenvalue weighted by molar-refractivity contribution is -0.118. The van der Waals surface area contributed by atoms with Crippen LogP contribution in [0.15, 0.2) is 23.1 Å². The fourth-order valence-corrected chi connectivity index (χ4v) is 4.25. The lowest BCUT2D eigenvalue weighted by Crippen LogP contribution is -2.28. The number of aromatic carboxylic acids is 1. The van der Waals surface area contributed by atoms with E-state index in [0.717, 1.165) is 0 Å². The number of hydrogen-bond donors (Lipinski definition) is 3. The van der Waals surface area contributed by atoms with Gasteiger partial charge in [-0.2, -0.15) is 5.10 Å². The van der Waals surface area contributed by atoms with Crippen molar-refractivity contribution in [3.63, 3.8) is 0 Å². The van der Waals surface area contributed by atoms with Crippen molar-refractivity contribution in [3.8, 4) is 11.6 Å². The molecule has 0 aliphatic rings. The standard InChI is InChI=1S/C23H34N4O6S/c1-13(2)12-24-34(31,32)18-11-16(25-20(28)14(3)4)9-10-17(18)33-21-15(5)19(22(29)30)26-27(21)23(6,7)8/h9-11,13-14,24H,12H2,1-8H3,(H,25,28)(H,29,30). The smallest absolute Gasteiger partial charge is 0.356 e. The van der Waals surface area contributed by atoms with Gasteiger partial charge in [-0.15, -0.1) is 0 Å². The highest BCUT2D eigenvalue weighted by Crippen LogP contribution is 2.36. The van der Waals surface area contributed by atoms with Gasteiger partial charge in [0.1, 0.15) is 10.6 Å². The highest BCUT2D eigenvalue weighted by Gasteiger charge is 2.29. The fraction of sp³-hybridized carbons (Fsp3) is 0.522. The van der Waals surface area contributed by atoms with Crippen molar-refractivity contribution in [2.75, 3.05) is 11.9 Å². The molecule has 0 aliphatic carbocycles. The van der Waals surface area contributed by atoms with E-state index in [1.54, 1.807) is 20.8 Å².